The van der Waals surface area contributed by atoms with E-state index in [1.807, 2.05) is 0 Å². The van der Waals surface area contributed by atoms with Crippen molar-refractivity contribution in [3.63, 3.8) is 0 Å². The second-order valence-electron chi connectivity index (χ2n) is 2.58. The molecule has 1 rings (SSSR count). The molecule has 0 bridgehead atoms. The Morgan fingerprint density at radius 3 is 2.54 bits per heavy atom. The lowest BCUT2D eigenvalue weighted by atomic mass is 10.3. The topological polar surface area (TPSA) is 41.8 Å². The van der Waals surface area contributed by atoms with Crippen LogP contribution in [0.5, 0.6) is 0 Å². The summed E-state index contributed by atoms with van der Waals surface area (Å²) in [5.74, 6) is -0.364. The first-order chi connectivity index (χ1) is 6.18. The maximum Gasteiger partial charge on any atom is 0.153 e. The van der Waals surface area contributed by atoms with Crippen LogP contribution in [-0.2, 0) is 4.79 Å². The third-order valence-corrected chi connectivity index (χ3v) is 1.31. The van der Waals surface area contributed by atoms with Gasteiger partial charge < -0.3 is 0 Å². The highest BCUT2D eigenvalue weighted by Crippen LogP contribution is 2.12. The van der Waals surface area contributed by atoms with Crippen LogP contribution in [0.3, 0.4) is 0 Å². The molecule has 0 N–H and O–H groups in total. The van der Waals surface area contributed by atoms with Crippen LogP contribution < -0.4 is 0 Å². The summed E-state index contributed by atoms with van der Waals surface area (Å²) in [4.78, 5) is 10.5. The summed E-state index contributed by atoms with van der Waals surface area (Å²) in [6, 6.07) is 5.59. The average Bonchev–Trinajstić information content (AvgIpc) is 2.08. The van der Waals surface area contributed by atoms with E-state index in [2.05, 4.69) is 10.2 Å². The first-order valence-electron chi connectivity index (χ1n) is 3.81. The summed E-state index contributed by atoms with van der Waals surface area (Å²) >= 11 is 0. The van der Waals surface area contributed by atoms with E-state index in [-0.39, 0.29) is 18.1 Å². The molecule has 0 heterocycles. The quantitative estimate of drug-likeness (QED) is 0.659. The standard InChI is InChI=1S/C9H9FN2O/c1-7(13)6-11-12-9-4-2-8(10)3-5-9/h2-5H,6H2,1H3. The maximum atomic E-state index is 12.4. The molecule has 1 aromatic rings. The Bertz CT molecular complexity index is 319. The molecule has 1 aromatic carbocycles. The number of benzene rings is 1. The zero-order chi connectivity index (χ0) is 9.68. The van der Waals surface area contributed by atoms with Crippen LogP contribution in [0.1, 0.15) is 6.92 Å². The summed E-state index contributed by atoms with van der Waals surface area (Å²) < 4.78 is 12.4. The molecule has 0 aliphatic rings. The van der Waals surface area contributed by atoms with Gasteiger partial charge in [-0.3, -0.25) is 4.79 Å². The van der Waals surface area contributed by atoms with Gasteiger partial charge in [-0.2, -0.15) is 10.2 Å². The number of ketones is 1. The van der Waals surface area contributed by atoms with Crippen molar-refractivity contribution >= 4 is 11.5 Å². The number of halogens is 1. The monoisotopic (exact) mass is 180 g/mol. The van der Waals surface area contributed by atoms with Crippen molar-refractivity contribution in [1.82, 2.24) is 0 Å². The fourth-order valence-electron chi connectivity index (χ4n) is 0.724. The van der Waals surface area contributed by atoms with Crippen molar-refractivity contribution in [2.75, 3.05) is 6.54 Å². The number of hydrogen-bond acceptors (Lipinski definition) is 3. The highest BCUT2D eigenvalue weighted by Gasteiger charge is 1.91. The van der Waals surface area contributed by atoms with Crippen molar-refractivity contribution in [1.29, 1.82) is 0 Å². The summed E-state index contributed by atoms with van der Waals surface area (Å²) in [7, 11) is 0. The second kappa shape index (κ2) is 4.45. The Labute approximate surface area is 75.3 Å². The molecule has 0 fully saturated rings. The highest BCUT2D eigenvalue weighted by molar-refractivity contribution is 5.77. The lowest BCUT2D eigenvalue weighted by Crippen LogP contribution is -1.92. The van der Waals surface area contributed by atoms with Crippen LogP contribution in [0.25, 0.3) is 0 Å². The van der Waals surface area contributed by atoms with Gasteiger partial charge in [-0.15, -0.1) is 0 Å². The van der Waals surface area contributed by atoms with Crippen LogP contribution in [0, 0.1) is 5.82 Å². The van der Waals surface area contributed by atoms with Gasteiger partial charge in [0.05, 0.1) is 5.69 Å². The molecule has 0 amide bonds. The molecule has 68 valence electrons. The molecule has 0 aromatic heterocycles. The van der Waals surface area contributed by atoms with Crippen LogP contribution in [0.4, 0.5) is 10.1 Å². The normalized spacial score (nSPS) is 10.6. The number of azo groups is 1. The van der Waals surface area contributed by atoms with E-state index in [9.17, 15) is 9.18 Å². The summed E-state index contributed by atoms with van der Waals surface area (Å²) in [6.07, 6.45) is 0. The van der Waals surface area contributed by atoms with Gasteiger partial charge in [0.15, 0.2) is 5.78 Å². The van der Waals surface area contributed by atoms with E-state index in [1.165, 1.54) is 31.2 Å². The Kier molecular flexibility index (Phi) is 3.25. The number of hydrogen-bond donors (Lipinski definition) is 0. The van der Waals surface area contributed by atoms with Crippen molar-refractivity contribution < 1.29 is 9.18 Å². The molecule has 0 saturated carbocycles. The van der Waals surface area contributed by atoms with Gasteiger partial charge in [-0.1, -0.05) is 0 Å². The molecular formula is C9H9FN2O. The molecule has 3 nitrogen and oxygen atoms in total. The Balaban J connectivity index is 2.59. The van der Waals surface area contributed by atoms with Gasteiger partial charge in [0.25, 0.3) is 0 Å². The number of carbonyl (C=O) groups excluding carboxylic acids is 1. The minimum atomic E-state index is -0.314. The van der Waals surface area contributed by atoms with Crippen molar-refractivity contribution in [3.05, 3.63) is 30.1 Å². The molecular weight excluding hydrogens is 171 g/mol. The third kappa shape index (κ3) is 3.55. The molecule has 0 atom stereocenters. The van der Waals surface area contributed by atoms with Gasteiger partial charge in [0.1, 0.15) is 12.4 Å². The second-order valence-corrected chi connectivity index (χ2v) is 2.58. The molecule has 0 aliphatic heterocycles. The number of carbonyl (C=O) groups is 1. The summed E-state index contributed by atoms with van der Waals surface area (Å²) in [5, 5.41) is 7.35. The van der Waals surface area contributed by atoms with Gasteiger partial charge in [-0.05, 0) is 31.2 Å². The van der Waals surface area contributed by atoms with Gasteiger partial charge >= 0.3 is 0 Å². The molecule has 0 aliphatic carbocycles. The zero-order valence-electron chi connectivity index (χ0n) is 7.20. The fraction of sp³-hybridized carbons (Fsp3) is 0.222. The van der Waals surface area contributed by atoms with Gasteiger partial charge in [-0.25, -0.2) is 4.39 Å². The number of rotatable bonds is 3. The molecule has 0 spiro atoms. The minimum Gasteiger partial charge on any atom is -0.298 e. The Hall–Kier alpha value is -1.58. The minimum absolute atomic E-state index is 0.0501. The van der Waals surface area contributed by atoms with E-state index in [0.717, 1.165) is 0 Å². The molecule has 4 heteroatoms. The lowest BCUT2D eigenvalue weighted by Gasteiger charge is -1.90. The lowest BCUT2D eigenvalue weighted by molar-refractivity contribution is -0.115. The zero-order valence-corrected chi connectivity index (χ0v) is 7.20. The third-order valence-electron chi connectivity index (χ3n) is 1.31. The number of Topliss-reactive ketones (excluding diaryl/α,β-unsaturated/α-hetero) is 1. The predicted octanol–water partition coefficient (Wildman–Crippen LogP) is 2.50. The molecule has 0 unspecified atom stereocenters. The first-order valence-corrected chi connectivity index (χ1v) is 3.81. The Morgan fingerprint density at radius 1 is 1.38 bits per heavy atom. The molecule has 0 radical (unpaired) electrons. The van der Waals surface area contributed by atoms with Crippen molar-refractivity contribution in [2.45, 2.75) is 6.92 Å². The first kappa shape index (κ1) is 9.51. The summed E-state index contributed by atoms with van der Waals surface area (Å²) in [6.45, 7) is 1.50. The van der Waals surface area contributed by atoms with Crippen molar-refractivity contribution in [3.8, 4) is 0 Å². The number of nitrogens with zero attached hydrogens (tertiary/aromatic N) is 2. The van der Waals surface area contributed by atoms with Crippen molar-refractivity contribution in [2.24, 2.45) is 10.2 Å². The maximum absolute atomic E-state index is 12.4. The van der Waals surface area contributed by atoms with E-state index in [0.29, 0.717) is 5.69 Å². The van der Waals surface area contributed by atoms with Crippen LogP contribution in [-0.4, -0.2) is 12.3 Å². The van der Waals surface area contributed by atoms with Crippen LogP contribution in [0.2, 0.25) is 0 Å². The average molecular weight is 180 g/mol. The van der Waals surface area contributed by atoms with E-state index >= 15 is 0 Å². The van der Waals surface area contributed by atoms with Crippen LogP contribution >= 0.6 is 0 Å². The fourth-order valence-corrected chi connectivity index (χ4v) is 0.724. The SMILES string of the molecule is CC(=O)CN=Nc1ccc(F)cc1. The van der Waals surface area contributed by atoms with Crippen LogP contribution in [0.15, 0.2) is 34.5 Å². The Morgan fingerprint density at radius 2 is 2.00 bits per heavy atom. The predicted molar refractivity (Wildman–Crippen MR) is 46.5 cm³/mol. The van der Waals surface area contributed by atoms with E-state index in [4.69, 9.17) is 0 Å². The van der Waals surface area contributed by atoms with Gasteiger partial charge in [0.2, 0.25) is 0 Å². The highest BCUT2D eigenvalue weighted by atomic mass is 19.1. The smallest absolute Gasteiger partial charge is 0.153 e. The van der Waals surface area contributed by atoms with E-state index in [1.54, 1.807) is 0 Å². The van der Waals surface area contributed by atoms with Gasteiger partial charge in [0, 0.05) is 0 Å². The molecule has 13 heavy (non-hydrogen) atoms. The molecule has 0 saturated heterocycles. The largest absolute Gasteiger partial charge is 0.298 e. The summed E-state index contributed by atoms with van der Waals surface area (Å²) in [5.41, 5.74) is 0.544. The van der Waals surface area contributed by atoms with E-state index < -0.39 is 0 Å².